The van der Waals surface area contributed by atoms with Crippen molar-refractivity contribution in [3.8, 4) is 0 Å². The predicted molar refractivity (Wildman–Crippen MR) is 43.0 cm³/mol. The van der Waals surface area contributed by atoms with Crippen molar-refractivity contribution >= 4 is 28.3 Å². The van der Waals surface area contributed by atoms with Gasteiger partial charge in [0.25, 0.3) is 0 Å². The highest BCUT2D eigenvalue weighted by atomic mass is 79.9. The van der Waals surface area contributed by atoms with Crippen molar-refractivity contribution in [1.82, 2.24) is 0 Å². The van der Waals surface area contributed by atoms with E-state index in [0.717, 1.165) is 4.83 Å². The Kier molecular flexibility index (Phi) is 5.08. The van der Waals surface area contributed by atoms with Crippen LogP contribution < -0.4 is 0 Å². The van der Waals surface area contributed by atoms with Crippen LogP contribution in [0.1, 0.15) is 32.1 Å². The average Bonchev–Trinajstić information content (AvgIpc) is 1.69. The molecule has 0 amide bonds. The molecular weight excluding hydrogens is 187 g/mol. The summed E-state index contributed by atoms with van der Waals surface area (Å²) < 4.78 is 0. The summed E-state index contributed by atoms with van der Waals surface area (Å²) in [5.74, 6) is 0. The van der Waals surface area contributed by atoms with Crippen molar-refractivity contribution < 1.29 is 0 Å². The third-order valence-electron chi connectivity index (χ3n) is 1.53. The number of hydrogen-bond donors (Lipinski definition) is 0. The van der Waals surface area contributed by atoms with Crippen LogP contribution in [-0.4, -0.2) is 4.83 Å². The van der Waals surface area contributed by atoms with E-state index in [1.807, 2.05) is 0 Å². The van der Waals surface area contributed by atoms with Crippen LogP contribution in [0.2, 0.25) is 0 Å². The minimum Gasteiger partial charge on any atom is -0.147 e. The van der Waals surface area contributed by atoms with E-state index >= 15 is 0 Å². The second-order valence-electron chi connectivity index (χ2n) is 2.24. The van der Waals surface area contributed by atoms with E-state index < -0.39 is 0 Å². The minimum absolute atomic E-state index is 0. The van der Waals surface area contributed by atoms with Gasteiger partial charge >= 0.3 is 0 Å². The van der Waals surface area contributed by atoms with E-state index in [1.165, 1.54) is 32.1 Å². The van der Waals surface area contributed by atoms with Crippen molar-refractivity contribution in [1.29, 1.82) is 0 Å². The first-order valence-electron chi connectivity index (χ1n) is 3.03. The van der Waals surface area contributed by atoms with Gasteiger partial charge in [0, 0.05) is 4.83 Å². The number of halogens is 2. The summed E-state index contributed by atoms with van der Waals surface area (Å²) in [7, 11) is 0. The molecule has 0 aliphatic heterocycles. The van der Waals surface area contributed by atoms with Gasteiger partial charge in [0.2, 0.25) is 0 Å². The molecule has 0 N–H and O–H groups in total. The summed E-state index contributed by atoms with van der Waals surface area (Å²) in [5, 5.41) is 0. The zero-order valence-corrected chi connectivity index (χ0v) is 7.30. The fourth-order valence-electron chi connectivity index (χ4n) is 1.05. The summed E-state index contributed by atoms with van der Waals surface area (Å²) in [4.78, 5) is 0.848. The van der Waals surface area contributed by atoms with Crippen LogP contribution in [0.25, 0.3) is 0 Å². The van der Waals surface area contributed by atoms with Crippen LogP contribution in [0.3, 0.4) is 0 Å². The van der Waals surface area contributed by atoms with Crippen LogP contribution >= 0.6 is 28.3 Å². The van der Waals surface area contributed by atoms with E-state index in [-0.39, 0.29) is 12.4 Å². The summed E-state index contributed by atoms with van der Waals surface area (Å²) in [6.45, 7) is 0. The van der Waals surface area contributed by atoms with Gasteiger partial charge in [-0.1, -0.05) is 35.2 Å². The Morgan fingerprint density at radius 2 is 1.50 bits per heavy atom. The molecule has 1 fully saturated rings. The molecule has 0 heterocycles. The molecule has 1 aliphatic carbocycles. The van der Waals surface area contributed by atoms with Crippen molar-refractivity contribution in [3.05, 3.63) is 0 Å². The first-order chi connectivity index (χ1) is 3.39. The normalized spacial score (nSPS) is 22.1. The molecule has 0 nitrogen and oxygen atoms in total. The highest BCUT2D eigenvalue weighted by Crippen LogP contribution is 2.22. The molecule has 0 aromatic rings. The minimum atomic E-state index is 0. The summed E-state index contributed by atoms with van der Waals surface area (Å²) in [6, 6.07) is 0. The zero-order valence-electron chi connectivity index (χ0n) is 4.90. The molecule has 0 atom stereocenters. The summed E-state index contributed by atoms with van der Waals surface area (Å²) in [6.07, 6.45) is 7.15. The second kappa shape index (κ2) is 4.63. The van der Waals surface area contributed by atoms with E-state index in [0.29, 0.717) is 0 Å². The molecule has 0 saturated heterocycles. The quantitative estimate of drug-likeness (QED) is 0.526. The third kappa shape index (κ3) is 2.93. The Balaban J connectivity index is 0.000000490. The topological polar surface area (TPSA) is 0 Å². The van der Waals surface area contributed by atoms with Crippen molar-refractivity contribution in [3.63, 3.8) is 0 Å². The van der Waals surface area contributed by atoms with E-state index in [9.17, 15) is 0 Å². The Morgan fingerprint density at radius 3 is 1.75 bits per heavy atom. The van der Waals surface area contributed by atoms with Gasteiger partial charge in [0.1, 0.15) is 0 Å². The lowest BCUT2D eigenvalue weighted by atomic mass is 10.0. The molecule has 0 spiro atoms. The Morgan fingerprint density at radius 1 is 1.00 bits per heavy atom. The SMILES string of the molecule is BrC1CCCCC1.Cl. The van der Waals surface area contributed by atoms with Crippen LogP contribution in [0.5, 0.6) is 0 Å². The van der Waals surface area contributed by atoms with Gasteiger partial charge in [-0.25, -0.2) is 0 Å². The van der Waals surface area contributed by atoms with Gasteiger partial charge in [-0.2, -0.15) is 0 Å². The molecule has 1 rings (SSSR count). The fourth-order valence-corrected chi connectivity index (χ4v) is 1.70. The van der Waals surface area contributed by atoms with Crippen molar-refractivity contribution in [2.24, 2.45) is 0 Å². The molecular formula is C6H12BrCl. The lowest BCUT2D eigenvalue weighted by Crippen LogP contribution is -2.02. The Hall–Kier alpha value is 0.770. The van der Waals surface area contributed by atoms with Gasteiger partial charge in [-0.05, 0) is 12.8 Å². The number of hydrogen-bond acceptors (Lipinski definition) is 0. The van der Waals surface area contributed by atoms with Gasteiger partial charge in [-0.15, -0.1) is 12.4 Å². The van der Waals surface area contributed by atoms with E-state index in [2.05, 4.69) is 15.9 Å². The molecule has 0 aromatic heterocycles. The van der Waals surface area contributed by atoms with Gasteiger partial charge < -0.3 is 0 Å². The monoisotopic (exact) mass is 198 g/mol. The van der Waals surface area contributed by atoms with Crippen molar-refractivity contribution in [2.75, 3.05) is 0 Å². The third-order valence-corrected chi connectivity index (χ3v) is 2.45. The molecule has 1 aliphatic rings. The zero-order chi connectivity index (χ0) is 5.11. The highest BCUT2D eigenvalue weighted by Gasteiger charge is 2.07. The summed E-state index contributed by atoms with van der Waals surface area (Å²) >= 11 is 3.59. The maximum Gasteiger partial charge on any atom is 0.0145 e. The van der Waals surface area contributed by atoms with Crippen LogP contribution in [0.4, 0.5) is 0 Å². The summed E-state index contributed by atoms with van der Waals surface area (Å²) in [5.41, 5.74) is 0. The van der Waals surface area contributed by atoms with Crippen LogP contribution in [0, 0.1) is 0 Å². The van der Waals surface area contributed by atoms with Crippen LogP contribution in [0.15, 0.2) is 0 Å². The van der Waals surface area contributed by atoms with Crippen LogP contribution in [-0.2, 0) is 0 Å². The largest absolute Gasteiger partial charge is 0.147 e. The van der Waals surface area contributed by atoms with E-state index in [4.69, 9.17) is 0 Å². The van der Waals surface area contributed by atoms with Gasteiger partial charge in [-0.3, -0.25) is 0 Å². The molecule has 50 valence electrons. The molecule has 0 unspecified atom stereocenters. The predicted octanol–water partition coefficient (Wildman–Crippen LogP) is 3.14. The fraction of sp³-hybridized carbons (Fsp3) is 1.00. The average molecular weight is 200 g/mol. The molecule has 0 bridgehead atoms. The first-order valence-corrected chi connectivity index (χ1v) is 3.95. The van der Waals surface area contributed by atoms with Crippen molar-refractivity contribution in [2.45, 2.75) is 36.9 Å². The smallest absolute Gasteiger partial charge is 0.0145 e. The molecule has 8 heavy (non-hydrogen) atoms. The maximum absolute atomic E-state index is 3.59. The first kappa shape index (κ1) is 8.77. The number of rotatable bonds is 0. The van der Waals surface area contributed by atoms with Gasteiger partial charge in [0.05, 0.1) is 0 Å². The highest BCUT2D eigenvalue weighted by molar-refractivity contribution is 9.09. The lowest BCUT2D eigenvalue weighted by molar-refractivity contribution is 0.521. The molecule has 0 radical (unpaired) electrons. The number of alkyl halides is 1. The van der Waals surface area contributed by atoms with E-state index in [1.54, 1.807) is 0 Å². The Labute approximate surface area is 65.6 Å². The molecule has 1 saturated carbocycles. The molecule has 2 heteroatoms. The lowest BCUT2D eigenvalue weighted by Gasteiger charge is -2.13. The Bertz CT molecular complexity index is 50.5. The second-order valence-corrected chi connectivity index (χ2v) is 3.53. The standard InChI is InChI=1S/C6H11Br.ClH/c7-6-4-2-1-3-5-6;/h6H,1-5H2;1H. The maximum atomic E-state index is 3.59. The van der Waals surface area contributed by atoms with Gasteiger partial charge in [0.15, 0.2) is 0 Å². The molecule has 0 aromatic carbocycles.